The molecule has 3 aromatic rings. The molecule has 0 aromatic heterocycles. The van der Waals surface area contributed by atoms with Gasteiger partial charge in [-0.25, -0.2) is 0 Å². The molecule has 0 aliphatic heterocycles. The number of carboxylic acids is 1. The molecule has 36 heavy (non-hydrogen) atoms. The number of benzene rings is 3. The molecule has 0 amide bonds. The van der Waals surface area contributed by atoms with Gasteiger partial charge in [0.25, 0.3) is 0 Å². The number of carboxylic acid groups (broad SMARTS) is 1. The van der Waals surface area contributed by atoms with Crippen molar-refractivity contribution in [2.24, 2.45) is 0 Å². The quantitative estimate of drug-likeness (QED) is 0.293. The van der Waals surface area contributed by atoms with Gasteiger partial charge in [-0.3, -0.25) is 4.79 Å². The molecule has 1 N–H and O–H groups in total. The molecular formula is C32H38O4. The average Bonchev–Trinajstić information content (AvgIpc) is 3.20. The highest BCUT2D eigenvalue weighted by Gasteiger charge is 2.20. The zero-order valence-corrected chi connectivity index (χ0v) is 21.5. The number of aliphatic carboxylic acids is 1. The van der Waals surface area contributed by atoms with Gasteiger partial charge in [0.15, 0.2) is 0 Å². The Hall–Kier alpha value is -3.27. The van der Waals surface area contributed by atoms with Crippen LogP contribution in [0.3, 0.4) is 0 Å². The van der Waals surface area contributed by atoms with Gasteiger partial charge in [0.1, 0.15) is 18.1 Å². The molecule has 1 fully saturated rings. The van der Waals surface area contributed by atoms with E-state index in [1.807, 2.05) is 37.3 Å². The lowest BCUT2D eigenvalue weighted by molar-refractivity contribution is -0.137. The number of carbonyl (C=O) groups is 1. The predicted molar refractivity (Wildman–Crippen MR) is 145 cm³/mol. The van der Waals surface area contributed by atoms with E-state index in [2.05, 4.69) is 36.4 Å². The van der Waals surface area contributed by atoms with Crippen LogP contribution in [0, 0.1) is 0 Å². The van der Waals surface area contributed by atoms with Crippen molar-refractivity contribution in [3.63, 3.8) is 0 Å². The van der Waals surface area contributed by atoms with Crippen LogP contribution in [0.4, 0.5) is 0 Å². The first-order chi connectivity index (χ1) is 17.6. The Morgan fingerprint density at radius 3 is 2.42 bits per heavy atom. The van der Waals surface area contributed by atoms with Crippen molar-refractivity contribution < 1.29 is 19.4 Å². The first-order valence-electron chi connectivity index (χ1n) is 13.3. The molecule has 1 saturated carbocycles. The summed E-state index contributed by atoms with van der Waals surface area (Å²) in [5, 5.41) is 9.24. The second-order valence-electron chi connectivity index (χ2n) is 9.91. The molecular weight excluding hydrogens is 448 g/mol. The van der Waals surface area contributed by atoms with Crippen LogP contribution in [-0.4, -0.2) is 18.2 Å². The maximum atomic E-state index is 11.2. The molecule has 4 nitrogen and oxygen atoms in total. The van der Waals surface area contributed by atoms with Crippen molar-refractivity contribution in [1.29, 1.82) is 0 Å². The standard InChI is InChI=1S/C32H38O4/c1-3-24(21-32(33)34)26-12-8-15-29(19-26)36-22-23-16-17-30(27-13-9-14-28(20-27)35-2)31(18-23)25-10-6-4-5-7-11-25/h8-9,12-20,24-25H,3-7,10-11,21-22H2,1-2H3,(H,33,34)/t24-/m1/s1. The van der Waals surface area contributed by atoms with Gasteiger partial charge in [-0.05, 0) is 83.2 Å². The van der Waals surface area contributed by atoms with Crippen molar-refractivity contribution in [1.82, 2.24) is 0 Å². The molecule has 0 saturated heterocycles. The first-order valence-corrected chi connectivity index (χ1v) is 13.3. The lowest BCUT2D eigenvalue weighted by Crippen LogP contribution is -2.06. The fourth-order valence-corrected chi connectivity index (χ4v) is 5.42. The number of hydrogen-bond donors (Lipinski definition) is 1. The third-order valence-electron chi connectivity index (χ3n) is 7.44. The largest absolute Gasteiger partial charge is 0.497 e. The summed E-state index contributed by atoms with van der Waals surface area (Å²) >= 11 is 0. The van der Waals surface area contributed by atoms with Crippen LogP contribution in [0.1, 0.15) is 86.8 Å². The third-order valence-corrected chi connectivity index (χ3v) is 7.44. The van der Waals surface area contributed by atoms with E-state index < -0.39 is 5.97 Å². The summed E-state index contributed by atoms with van der Waals surface area (Å²) in [6.45, 7) is 2.51. The Labute approximate surface area is 215 Å². The van der Waals surface area contributed by atoms with Gasteiger partial charge in [0.2, 0.25) is 0 Å². The van der Waals surface area contributed by atoms with Crippen LogP contribution >= 0.6 is 0 Å². The van der Waals surface area contributed by atoms with E-state index >= 15 is 0 Å². The Bertz CT molecular complexity index is 1140. The SMILES string of the molecule is CC[C@H](CC(=O)O)c1cccc(OCc2ccc(-c3cccc(OC)c3)c(C3CCCCCC3)c2)c1. The summed E-state index contributed by atoms with van der Waals surface area (Å²) < 4.78 is 11.7. The first kappa shape index (κ1) is 25.8. The minimum absolute atomic E-state index is 0.00460. The van der Waals surface area contributed by atoms with E-state index in [0.717, 1.165) is 29.0 Å². The Kier molecular flexibility index (Phi) is 9.05. The van der Waals surface area contributed by atoms with Gasteiger partial charge in [0, 0.05) is 0 Å². The number of methoxy groups -OCH3 is 1. The fourth-order valence-electron chi connectivity index (χ4n) is 5.42. The van der Waals surface area contributed by atoms with Crippen LogP contribution in [0.25, 0.3) is 11.1 Å². The van der Waals surface area contributed by atoms with Crippen molar-refractivity contribution in [3.05, 3.63) is 83.4 Å². The second-order valence-corrected chi connectivity index (χ2v) is 9.91. The van der Waals surface area contributed by atoms with E-state index in [1.165, 1.54) is 55.2 Å². The van der Waals surface area contributed by atoms with Crippen molar-refractivity contribution in [2.75, 3.05) is 7.11 Å². The maximum Gasteiger partial charge on any atom is 0.303 e. The van der Waals surface area contributed by atoms with Crippen LogP contribution < -0.4 is 9.47 Å². The van der Waals surface area contributed by atoms with Gasteiger partial charge < -0.3 is 14.6 Å². The van der Waals surface area contributed by atoms with E-state index in [-0.39, 0.29) is 12.3 Å². The molecule has 1 aliphatic rings. The molecule has 0 unspecified atom stereocenters. The summed E-state index contributed by atoms with van der Waals surface area (Å²) in [6.07, 6.45) is 8.59. The molecule has 0 bridgehead atoms. The van der Waals surface area contributed by atoms with Gasteiger partial charge in [-0.15, -0.1) is 0 Å². The van der Waals surface area contributed by atoms with Gasteiger partial charge >= 0.3 is 5.97 Å². The molecule has 190 valence electrons. The van der Waals surface area contributed by atoms with Crippen molar-refractivity contribution in [2.45, 2.75) is 76.7 Å². The van der Waals surface area contributed by atoms with Crippen LogP contribution in [0.15, 0.2) is 66.7 Å². The van der Waals surface area contributed by atoms with Crippen LogP contribution in [-0.2, 0) is 11.4 Å². The highest BCUT2D eigenvalue weighted by atomic mass is 16.5. The highest BCUT2D eigenvalue weighted by molar-refractivity contribution is 5.70. The minimum atomic E-state index is -0.768. The van der Waals surface area contributed by atoms with Crippen molar-refractivity contribution in [3.8, 4) is 22.6 Å². The minimum Gasteiger partial charge on any atom is -0.497 e. The average molecular weight is 487 g/mol. The summed E-state index contributed by atoms with van der Waals surface area (Å²) in [4.78, 5) is 11.2. The molecule has 1 atom stereocenters. The highest BCUT2D eigenvalue weighted by Crippen LogP contribution is 2.39. The summed E-state index contributed by atoms with van der Waals surface area (Å²) in [5.74, 6) is 1.44. The summed E-state index contributed by atoms with van der Waals surface area (Å²) in [6, 6.07) is 23.0. The van der Waals surface area contributed by atoms with Gasteiger partial charge in [-0.2, -0.15) is 0 Å². The predicted octanol–water partition coefficient (Wildman–Crippen LogP) is 8.35. The molecule has 4 heteroatoms. The van der Waals surface area contributed by atoms with Crippen LogP contribution in [0.2, 0.25) is 0 Å². The molecule has 4 rings (SSSR count). The second kappa shape index (κ2) is 12.6. The normalized spacial score (nSPS) is 15.2. The zero-order valence-electron chi connectivity index (χ0n) is 21.5. The Morgan fingerprint density at radius 2 is 1.69 bits per heavy atom. The molecule has 3 aromatic carbocycles. The Morgan fingerprint density at radius 1 is 0.944 bits per heavy atom. The lowest BCUT2D eigenvalue weighted by atomic mass is 9.85. The maximum absolute atomic E-state index is 11.2. The molecule has 0 spiro atoms. The number of ether oxygens (including phenoxy) is 2. The van der Waals surface area contributed by atoms with Crippen LogP contribution in [0.5, 0.6) is 11.5 Å². The van der Waals surface area contributed by atoms with E-state index in [9.17, 15) is 9.90 Å². The topological polar surface area (TPSA) is 55.8 Å². The molecule has 0 radical (unpaired) electrons. The van der Waals surface area contributed by atoms with E-state index in [4.69, 9.17) is 9.47 Å². The lowest BCUT2D eigenvalue weighted by Gasteiger charge is -2.21. The Balaban J connectivity index is 1.58. The van der Waals surface area contributed by atoms with Gasteiger partial charge in [0.05, 0.1) is 13.5 Å². The smallest absolute Gasteiger partial charge is 0.303 e. The van der Waals surface area contributed by atoms with Crippen molar-refractivity contribution >= 4 is 5.97 Å². The van der Waals surface area contributed by atoms with E-state index in [0.29, 0.717) is 12.5 Å². The molecule has 0 heterocycles. The number of hydrogen-bond acceptors (Lipinski definition) is 3. The fraction of sp³-hybridized carbons (Fsp3) is 0.406. The number of rotatable bonds is 10. The van der Waals surface area contributed by atoms with E-state index in [1.54, 1.807) is 7.11 Å². The summed E-state index contributed by atoms with van der Waals surface area (Å²) in [7, 11) is 1.71. The zero-order chi connectivity index (χ0) is 25.3. The molecule has 1 aliphatic carbocycles. The third kappa shape index (κ3) is 6.69. The van der Waals surface area contributed by atoms with Gasteiger partial charge in [-0.1, -0.05) is 75.1 Å². The monoisotopic (exact) mass is 486 g/mol. The summed E-state index contributed by atoms with van der Waals surface area (Å²) in [5.41, 5.74) is 6.06.